The lowest BCUT2D eigenvalue weighted by atomic mass is 10.0. The van der Waals surface area contributed by atoms with Crippen LogP contribution in [-0.4, -0.2) is 32.7 Å². The van der Waals surface area contributed by atoms with Crippen LogP contribution < -0.4 is 10.1 Å². The molecule has 1 aliphatic rings. The van der Waals surface area contributed by atoms with Crippen LogP contribution >= 0.6 is 0 Å². The molecule has 0 radical (unpaired) electrons. The van der Waals surface area contributed by atoms with Crippen molar-refractivity contribution in [3.05, 3.63) is 59.7 Å². The van der Waals surface area contributed by atoms with Crippen molar-refractivity contribution >= 4 is 15.7 Å². The molecule has 26 heavy (non-hydrogen) atoms. The van der Waals surface area contributed by atoms with E-state index in [9.17, 15) is 13.2 Å². The second kappa shape index (κ2) is 7.91. The molecule has 138 valence electrons. The molecule has 1 heterocycles. The van der Waals surface area contributed by atoms with Gasteiger partial charge in [0.15, 0.2) is 9.84 Å². The number of hydrogen-bond acceptors (Lipinski definition) is 4. The van der Waals surface area contributed by atoms with Gasteiger partial charge < -0.3 is 10.1 Å². The van der Waals surface area contributed by atoms with Crippen LogP contribution in [0.1, 0.15) is 24.5 Å². The van der Waals surface area contributed by atoms with Gasteiger partial charge in [0.25, 0.3) is 0 Å². The predicted molar refractivity (Wildman–Crippen MR) is 100 cm³/mol. The summed E-state index contributed by atoms with van der Waals surface area (Å²) in [6.45, 7) is 2.65. The Kier molecular flexibility index (Phi) is 5.61. The molecule has 1 amide bonds. The lowest BCUT2D eigenvalue weighted by Gasteiger charge is -2.14. The minimum absolute atomic E-state index is 0.0421. The van der Waals surface area contributed by atoms with Gasteiger partial charge in [-0.25, -0.2) is 8.42 Å². The lowest BCUT2D eigenvalue weighted by Crippen LogP contribution is -2.35. The van der Waals surface area contributed by atoms with Crippen LogP contribution in [0, 0.1) is 0 Å². The first kappa shape index (κ1) is 18.5. The van der Waals surface area contributed by atoms with E-state index in [0.29, 0.717) is 6.42 Å². The molecular weight excluding hydrogens is 350 g/mol. The molecule has 0 bridgehead atoms. The number of nitrogens with one attached hydrogen (secondary N) is 1. The summed E-state index contributed by atoms with van der Waals surface area (Å²) >= 11 is 0. The van der Waals surface area contributed by atoms with E-state index in [4.69, 9.17) is 4.74 Å². The molecular formula is C20H23NO4S. The van der Waals surface area contributed by atoms with E-state index in [0.717, 1.165) is 24.3 Å². The first-order chi connectivity index (χ1) is 12.4. The number of carbonyl (C=O) groups excluding carboxylic acids is 1. The molecule has 5 nitrogen and oxygen atoms in total. The highest BCUT2D eigenvalue weighted by molar-refractivity contribution is 7.91. The minimum atomic E-state index is -3.43. The first-order valence-electron chi connectivity index (χ1n) is 8.76. The lowest BCUT2D eigenvalue weighted by molar-refractivity contribution is -0.121. The van der Waals surface area contributed by atoms with Crippen molar-refractivity contribution in [2.75, 3.05) is 12.4 Å². The summed E-state index contributed by atoms with van der Waals surface area (Å²) in [5.41, 5.74) is 2.34. The number of ether oxygens (including phenoxy) is 1. The molecule has 0 unspecified atom stereocenters. The summed E-state index contributed by atoms with van der Waals surface area (Å²) in [5.74, 6) is 0.504. The minimum Gasteiger partial charge on any atom is -0.493 e. The molecule has 0 saturated heterocycles. The summed E-state index contributed by atoms with van der Waals surface area (Å²) in [4.78, 5) is 12.4. The monoisotopic (exact) mass is 373 g/mol. The van der Waals surface area contributed by atoms with Gasteiger partial charge in [-0.05, 0) is 42.7 Å². The summed E-state index contributed by atoms with van der Waals surface area (Å²) in [6, 6.07) is 14.2. The van der Waals surface area contributed by atoms with Crippen molar-refractivity contribution in [2.24, 2.45) is 0 Å². The van der Waals surface area contributed by atoms with Gasteiger partial charge in [-0.15, -0.1) is 0 Å². The third-order valence-corrected chi connectivity index (χ3v) is 6.14. The van der Waals surface area contributed by atoms with Gasteiger partial charge in [0, 0.05) is 18.9 Å². The Morgan fingerprint density at radius 2 is 1.96 bits per heavy atom. The van der Waals surface area contributed by atoms with E-state index >= 15 is 0 Å². The fourth-order valence-corrected chi connectivity index (χ4v) is 4.35. The molecule has 0 aromatic heterocycles. The average Bonchev–Trinajstić information content (AvgIpc) is 3.08. The highest BCUT2D eigenvalue weighted by atomic mass is 32.2. The Labute approximate surface area is 154 Å². The van der Waals surface area contributed by atoms with Gasteiger partial charge in [-0.2, -0.15) is 0 Å². The number of rotatable bonds is 7. The largest absolute Gasteiger partial charge is 0.493 e. The average molecular weight is 373 g/mol. The Morgan fingerprint density at radius 1 is 1.19 bits per heavy atom. The molecule has 0 fully saturated rings. The Balaban J connectivity index is 1.50. The van der Waals surface area contributed by atoms with Crippen molar-refractivity contribution in [3.8, 4) is 5.75 Å². The molecule has 0 aliphatic carbocycles. The Morgan fingerprint density at radius 3 is 2.73 bits per heavy atom. The number of hydrogen-bond donors (Lipinski definition) is 1. The topological polar surface area (TPSA) is 72.5 Å². The second-order valence-electron chi connectivity index (χ2n) is 6.60. The van der Waals surface area contributed by atoms with Gasteiger partial charge in [0.2, 0.25) is 5.91 Å². The molecule has 0 spiro atoms. The van der Waals surface area contributed by atoms with E-state index in [-0.39, 0.29) is 29.0 Å². The molecule has 2 aromatic rings. The van der Waals surface area contributed by atoms with Gasteiger partial charge in [-0.1, -0.05) is 30.3 Å². The van der Waals surface area contributed by atoms with Crippen LogP contribution in [0.3, 0.4) is 0 Å². The van der Waals surface area contributed by atoms with Crippen molar-refractivity contribution in [3.63, 3.8) is 0 Å². The van der Waals surface area contributed by atoms with Gasteiger partial charge in [-0.3, -0.25) is 4.79 Å². The summed E-state index contributed by atoms with van der Waals surface area (Å²) in [7, 11) is -3.43. The molecule has 1 aliphatic heterocycles. The molecule has 2 aromatic carbocycles. The third kappa shape index (κ3) is 4.64. The van der Waals surface area contributed by atoms with Crippen molar-refractivity contribution in [1.82, 2.24) is 5.32 Å². The molecule has 3 rings (SSSR count). The maximum absolute atomic E-state index is 12.2. The van der Waals surface area contributed by atoms with Crippen LogP contribution in [0.25, 0.3) is 0 Å². The van der Waals surface area contributed by atoms with Crippen LogP contribution in [0.4, 0.5) is 0 Å². The Hall–Kier alpha value is -2.34. The van der Waals surface area contributed by atoms with E-state index in [1.165, 1.54) is 5.56 Å². The predicted octanol–water partition coefficient (Wildman–Crippen LogP) is 2.53. The standard InChI is InChI=1S/C20H23NO4S/c1-15(13-16-7-8-19-17(14-16)9-11-25-19)21-20(22)10-12-26(23,24)18-5-3-2-4-6-18/h2-8,14-15H,9-13H2,1H3,(H,21,22)/t15-/m1/s1. The van der Waals surface area contributed by atoms with Crippen molar-refractivity contribution in [2.45, 2.75) is 37.1 Å². The fraction of sp³-hybridized carbons (Fsp3) is 0.350. The van der Waals surface area contributed by atoms with Crippen LogP contribution in [0.5, 0.6) is 5.75 Å². The van der Waals surface area contributed by atoms with E-state index < -0.39 is 9.84 Å². The van der Waals surface area contributed by atoms with Crippen LogP contribution in [-0.2, 0) is 27.5 Å². The zero-order valence-corrected chi connectivity index (χ0v) is 15.6. The van der Waals surface area contributed by atoms with E-state index in [1.54, 1.807) is 30.3 Å². The number of benzene rings is 2. The van der Waals surface area contributed by atoms with E-state index in [1.807, 2.05) is 19.1 Å². The highest BCUT2D eigenvalue weighted by Crippen LogP contribution is 2.26. The molecule has 1 atom stereocenters. The van der Waals surface area contributed by atoms with Crippen molar-refractivity contribution < 1.29 is 17.9 Å². The summed E-state index contributed by atoms with van der Waals surface area (Å²) in [5, 5.41) is 2.89. The number of carbonyl (C=O) groups is 1. The van der Waals surface area contributed by atoms with Crippen molar-refractivity contribution in [1.29, 1.82) is 0 Å². The SMILES string of the molecule is C[C@H](Cc1ccc2c(c1)CCO2)NC(=O)CCS(=O)(=O)c1ccccc1. The normalized spacial score (nSPS) is 14.3. The Bertz CT molecular complexity index is 878. The quantitative estimate of drug-likeness (QED) is 0.809. The summed E-state index contributed by atoms with van der Waals surface area (Å²) < 4.78 is 30.0. The maximum atomic E-state index is 12.2. The molecule has 1 N–H and O–H groups in total. The van der Waals surface area contributed by atoms with Crippen LogP contribution in [0.2, 0.25) is 0 Å². The van der Waals surface area contributed by atoms with Crippen LogP contribution in [0.15, 0.2) is 53.4 Å². The third-order valence-electron chi connectivity index (χ3n) is 4.40. The number of amides is 1. The van der Waals surface area contributed by atoms with E-state index in [2.05, 4.69) is 11.4 Å². The fourth-order valence-electron chi connectivity index (χ4n) is 3.09. The zero-order chi connectivity index (χ0) is 18.6. The maximum Gasteiger partial charge on any atom is 0.221 e. The van der Waals surface area contributed by atoms with Gasteiger partial charge in [0.1, 0.15) is 5.75 Å². The number of sulfone groups is 1. The van der Waals surface area contributed by atoms with Gasteiger partial charge in [0.05, 0.1) is 17.3 Å². The van der Waals surface area contributed by atoms with Gasteiger partial charge >= 0.3 is 0 Å². The molecule has 0 saturated carbocycles. The summed E-state index contributed by atoms with van der Waals surface area (Å²) in [6.07, 6.45) is 1.57. The number of fused-ring (bicyclic) bond motifs is 1. The highest BCUT2D eigenvalue weighted by Gasteiger charge is 2.18. The second-order valence-corrected chi connectivity index (χ2v) is 8.70. The molecule has 6 heteroatoms. The zero-order valence-electron chi connectivity index (χ0n) is 14.8. The first-order valence-corrected chi connectivity index (χ1v) is 10.4. The smallest absolute Gasteiger partial charge is 0.221 e.